The number of non-ortho nitro benzene ring substituents is 1. The second-order valence-electron chi connectivity index (χ2n) is 4.56. The zero-order chi connectivity index (χ0) is 15.2. The summed E-state index contributed by atoms with van der Waals surface area (Å²) in [5, 5.41) is 20.3. The fraction of sp³-hybridized carbons (Fsp3) is 0.267. The van der Waals surface area contributed by atoms with E-state index in [4.69, 9.17) is 0 Å². The van der Waals surface area contributed by atoms with Crippen molar-refractivity contribution >= 4 is 11.4 Å². The van der Waals surface area contributed by atoms with E-state index in [1.807, 2.05) is 30.0 Å². The molecule has 0 unspecified atom stereocenters. The molecule has 0 amide bonds. The zero-order valence-electron chi connectivity index (χ0n) is 11.8. The van der Waals surface area contributed by atoms with E-state index in [1.54, 1.807) is 12.3 Å². The van der Waals surface area contributed by atoms with Gasteiger partial charge >= 0.3 is 0 Å². The largest absolute Gasteiger partial charge is 0.392 e. The van der Waals surface area contributed by atoms with E-state index in [2.05, 4.69) is 4.98 Å². The summed E-state index contributed by atoms with van der Waals surface area (Å²) in [7, 11) is 0. The maximum absolute atomic E-state index is 10.8. The first-order chi connectivity index (χ1) is 10.2. The van der Waals surface area contributed by atoms with Gasteiger partial charge < -0.3 is 10.0 Å². The van der Waals surface area contributed by atoms with Gasteiger partial charge in [0.15, 0.2) is 0 Å². The summed E-state index contributed by atoms with van der Waals surface area (Å²) in [6.45, 7) is 3.05. The van der Waals surface area contributed by atoms with Gasteiger partial charge in [0.25, 0.3) is 5.69 Å². The lowest BCUT2D eigenvalue weighted by Gasteiger charge is -2.24. The molecule has 0 saturated heterocycles. The van der Waals surface area contributed by atoms with Crippen molar-refractivity contribution in [1.29, 1.82) is 0 Å². The summed E-state index contributed by atoms with van der Waals surface area (Å²) in [5.41, 5.74) is 2.22. The molecule has 2 rings (SSSR count). The summed E-state index contributed by atoms with van der Waals surface area (Å²) < 4.78 is 0. The van der Waals surface area contributed by atoms with Crippen molar-refractivity contribution in [2.75, 3.05) is 11.4 Å². The highest BCUT2D eigenvalue weighted by molar-refractivity contribution is 5.57. The Kier molecular flexibility index (Phi) is 4.84. The maximum Gasteiger partial charge on any atom is 0.269 e. The summed E-state index contributed by atoms with van der Waals surface area (Å²) in [5.74, 6) is 0. The van der Waals surface area contributed by atoms with E-state index in [-0.39, 0.29) is 12.3 Å². The third-order valence-corrected chi connectivity index (χ3v) is 3.25. The van der Waals surface area contributed by atoms with Crippen LogP contribution in [0.3, 0.4) is 0 Å². The Labute approximate surface area is 122 Å². The standard InChI is InChI=1S/C15H17N3O3/c1-2-17(10-13-5-3-4-8-16-13)15-7-6-14(18(20)21)9-12(15)11-19/h3-9,19H,2,10-11H2,1H3. The fourth-order valence-electron chi connectivity index (χ4n) is 2.18. The van der Waals surface area contributed by atoms with Crippen molar-refractivity contribution in [3.63, 3.8) is 0 Å². The summed E-state index contributed by atoms with van der Waals surface area (Å²) in [4.78, 5) is 16.7. The number of anilines is 1. The van der Waals surface area contributed by atoms with Crippen LogP contribution in [0.25, 0.3) is 0 Å². The average Bonchev–Trinajstić information content (AvgIpc) is 2.53. The molecular formula is C15H17N3O3. The van der Waals surface area contributed by atoms with E-state index >= 15 is 0 Å². The van der Waals surface area contributed by atoms with Gasteiger partial charge in [-0.1, -0.05) is 6.07 Å². The number of hydrogen-bond donors (Lipinski definition) is 1. The third-order valence-electron chi connectivity index (χ3n) is 3.25. The van der Waals surface area contributed by atoms with Gasteiger partial charge in [-0.05, 0) is 25.1 Å². The monoisotopic (exact) mass is 287 g/mol. The molecule has 0 atom stereocenters. The molecule has 1 N–H and O–H groups in total. The van der Waals surface area contributed by atoms with Crippen molar-refractivity contribution in [2.24, 2.45) is 0 Å². The Morgan fingerprint density at radius 1 is 1.33 bits per heavy atom. The summed E-state index contributed by atoms with van der Waals surface area (Å²) >= 11 is 0. The van der Waals surface area contributed by atoms with Crippen LogP contribution in [0.5, 0.6) is 0 Å². The molecule has 1 aromatic heterocycles. The Morgan fingerprint density at radius 3 is 2.71 bits per heavy atom. The molecule has 110 valence electrons. The highest BCUT2D eigenvalue weighted by atomic mass is 16.6. The lowest BCUT2D eigenvalue weighted by Crippen LogP contribution is -2.23. The minimum absolute atomic E-state index is 0.0170. The first kappa shape index (κ1) is 14.9. The highest BCUT2D eigenvalue weighted by Gasteiger charge is 2.15. The summed E-state index contributed by atoms with van der Waals surface area (Å²) in [6, 6.07) is 10.2. The van der Waals surface area contributed by atoms with Crippen molar-refractivity contribution in [2.45, 2.75) is 20.1 Å². The van der Waals surface area contributed by atoms with Crippen molar-refractivity contribution in [1.82, 2.24) is 4.98 Å². The third kappa shape index (κ3) is 3.55. The smallest absolute Gasteiger partial charge is 0.269 e. The van der Waals surface area contributed by atoms with Gasteiger partial charge in [0.1, 0.15) is 0 Å². The second kappa shape index (κ2) is 6.81. The average molecular weight is 287 g/mol. The zero-order valence-corrected chi connectivity index (χ0v) is 11.8. The molecule has 0 bridgehead atoms. The molecule has 1 aromatic carbocycles. The quantitative estimate of drug-likeness (QED) is 0.652. The van der Waals surface area contributed by atoms with Crippen LogP contribution in [0.15, 0.2) is 42.6 Å². The van der Waals surface area contributed by atoms with Gasteiger partial charge in [-0.15, -0.1) is 0 Å². The van der Waals surface area contributed by atoms with Crippen molar-refractivity contribution < 1.29 is 10.0 Å². The van der Waals surface area contributed by atoms with Crippen LogP contribution in [0.2, 0.25) is 0 Å². The number of aromatic nitrogens is 1. The van der Waals surface area contributed by atoms with Crippen molar-refractivity contribution in [3.05, 3.63) is 64.0 Å². The predicted octanol–water partition coefficient (Wildman–Crippen LogP) is 2.51. The number of nitrogens with zero attached hydrogens (tertiary/aromatic N) is 3. The molecule has 6 nitrogen and oxygen atoms in total. The minimum atomic E-state index is -0.460. The van der Waals surface area contributed by atoms with Gasteiger partial charge in [0.05, 0.1) is 23.8 Å². The number of nitro groups is 1. The van der Waals surface area contributed by atoms with Crippen LogP contribution in [0, 0.1) is 10.1 Å². The number of hydrogen-bond acceptors (Lipinski definition) is 5. The molecule has 0 saturated carbocycles. The van der Waals surface area contributed by atoms with E-state index in [0.717, 1.165) is 11.4 Å². The molecule has 0 aliphatic rings. The van der Waals surface area contributed by atoms with Gasteiger partial charge in [0, 0.05) is 36.1 Å². The van der Waals surface area contributed by atoms with E-state index in [0.29, 0.717) is 18.7 Å². The Balaban J connectivity index is 2.31. The number of nitro benzene ring substituents is 1. The maximum atomic E-state index is 10.8. The second-order valence-corrected chi connectivity index (χ2v) is 4.56. The molecular weight excluding hydrogens is 270 g/mol. The van der Waals surface area contributed by atoms with E-state index in [1.165, 1.54) is 12.1 Å². The lowest BCUT2D eigenvalue weighted by molar-refractivity contribution is -0.384. The van der Waals surface area contributed by atoms with Crippen LogP contribution >= 0.6 is 0 Å². The van der Waals surface area contributed by atoms with Crippen LogP contribution in [0.4, 0.5) is 11.4 Å². The van der Waals surface area contributed by atoms with Gasteiger partial charge in [-0.2, -0.15) is 0 Å². The molecule has 0 fully saturated rings. The molecule has 0 spiro atoms. The lowest BCUT2D eigenvalue weighted by atomic mass is 10.1. The van der Waals surface area contributed by atoms with Crippen LogP contribution in [-0.2, 0) is 13.2 Å². The normalized spacial score (nSPS) is 10.4. The first-order valence-corrected chi connectivity index (χ1v) is 6.68. The SMILES string of the molecule is CCN(Cc1ccccn1)c1ccc([N+](=O)[O-])cc1CO. The van der Waals surface area contributed by atoms with Gasteiger partial charge in [-0.25, -0.2) is 0 Å². The van der Waals surface area contributed by atoms with Crippen LogP contribution in [-0.4, -0.2) is 21.6 Å². The first-order valence-electron chi connectivity index (χ1n) is 6.68. The molecule has 0 radical (unpaired) electrons. The van der Waals surface area contributed by atoms with Gasteiger partial charge in [0.2, 0.25) is 0 Å². The molecule has 1 heterocycles. The number of rotatable bonds is 6. The molecule has 21 heavy (non-hydrogen) atoms. The number of pyridine rings is 1. The Hall–Kier alpha value is -2.47. The predicted molar refractivity (Wildman–Crippen MR) is 80.0 cm³/mol. The Morgan fingerprint density at radius 2 is 2.14 bits per heavy atom. The number of aliphatic hydroxyl groups excluding tert-OH is 1. The summed E-state index contributed by atoms with van der Waals surface area (Å²) in [6.07, 6.45) is 1.73. The number of aliphatic hydroxyl groups is 1. The molecule has 0 aliphatic heterocycles. The van der Waals surface area contributed by atoms with Crippen LogP contribution < -0.4 is 4.90 Å². The van der Waals surface area contributed by atoms with E-state index < -0.39 is 4.92 Å². The molecule has 0 aliphatic carbocycles. The number of benzene rings is 1. The Bertz CT molecular complexity index is 617. The fourth-order valence-corrected chi connectivity index (χ4v) is 2.18. The minimum Gasteiger partial charge on any atom is -0.392 e. The van der Waals surface area contributed by atoms with E-state index in [9.17, 15) is 15.2 Å². The van der Waals surface area contributed by atoms with Gasteiger partial charge in [-0.3, -0.25) is 15.1 Å². The topological polar surface area (TPSA) is 79.5 Å². The van der Waals surface area contributed by atoms with Crippen LogP contribution in [0.1, 0.15) is 18.2 Å². The molecule has 6 heteroatoms. The highest BCUT2D eigenvalue weighted by Crippen LogP contribution is 2.26. The van der Waals surface area contributed by atoms with Crippen molar-refractivity contribution in [3.8, 4) is 0 Å². The molecule has 2 aromatic rings.